The molecule has 0 radical (unpaired) electrons. The van der Waals surface area contributed by atoms with Gasteiger partial charge in [0.05, 0.1) is 52.1 Å². The van der Waals surface area contributed by atoms with Gasteiger partial charge in [-0.25, -0.2) is 0 Å². The van der Waals surface area contributed by atoms with E-state index >= 15 is 0 Å². The smallest absolute Gasteiger partial charge is 0.306 e. The van der Waals surface area contributed by atoms with Gasteiger partial charge in [-0.15, -0.1) is 0 Å². The van der Waals surface area contributed by atoms with Crippen LogP contribution in [-0.2, 0) is 38.1 Å². The fourth-order valence-corrected chi connectivity index (χ4v) is 4.68. The Balaban J connectivity index is 2.20. The molecule has 1 aliphatic heterocycles. The summed E-state index contributed by atoms with van der Waals surface area (Å²) in [7, 11) is 0. The number of rotatable bonds is 0. The summed E-state index contributed by atoms with van der Waals surface area (Å²) in [6, 6.07) is 0. The van der Waals surface area contributed by atoms with Gasteiger partial charge in [0.25, 0.3) is 0 Å². The first kappa shape index (κ1) is 35.9. The predicted molar refractivity (Wildman–Crippen MR) is 155 cm³/mol. The van der Waals surface area contributed by atoms with E-state index in [-0.39, 0.29) is 49.6 Å². The Labute approximate surface area is 242 Å². The first-order chi connectivity index (χ1) is 19.6. The van der Waals surface area contributed by atoms with Crippen LogP contribution in [0, 0.1) is 0 Å². The van der Waals surface area contributed by atoms with Gasteiger partial charge in [-0.2, -0.15) is 0 Å². The van der Waals surface area contributed by atoms with Crippen LogP contribution in [-0.4, -0.2) is 50.3 Å². The summed E-state index contributed by atoms with van der Waals surface area (Å²) < 4.78 is 21.0. The van der Waals surface area contributed by atoms with Crippen molar-refractivity contribution in [3.8, 4) is 0 Å². The quantitative estimate of drug-likeness (QED) is 0.218. The van der Waals surface area contributed by atoms with E-state index in [4.69, 9.17) is 18.9 Å². The van der Waals surface area contributed by atoms with E-state index in [1.54, 1.807) is 0 Å². The number of hydrogen-bond donors (Lipinski definition) is 0. The number of esters is 4. The van der Waals surface area contributed by atoms with Gasteiger partial charge in [-0.1, -0.05) is 103 Å². The fourth-order valence-electron chi connectivity index (χ4n) is 4.68. The average molecular weight is 569 g/mol. The van der Waals surface area contributed by atoms with Crippen molar-refractivity contribution in [1.82, 2.24) is 0 Å². The van der Waals surface area contributed by atoms with Gasteiger partial charge in [-0.3, -0.25) is 19.2 Å². The van der Waals surface area contributed by atoms with Gasteiger partial charge in [0, 0.05) is 0 Å². The minimum atomic E-state index is -0.321. The molecule has 0 atom stereocenters. The second-order valence-electron chi connectivity index (χ2n) is 11.0. The van der Waals surface area contributed by atoms with Crippen LogP contribution >= 0.6 is 0 Å². The molecule has 1 aliphatic rings. The number of carbonyl (C=O) groups excluding carboxylic acids is 4. The summed E-state index contributed by atoms with van der Waals surface area (Å²) in [5.74, 6) is -1.28. The summed E-state index contributed by atoms with van der Waals surface area (Å²) in [5, 5.41) is 0. The summed E-state index contributed by atoms with van der Waals surface area (Å²) >= 11 is 0. The molecule has 1 rings (SSSR count). The molecule has 0 aromatic carbocycles. The van der Waals surface area contributed by atoms with E-state index in [9.17, 15) is 19.2 Å². The van der Waals surface area contributed by atoms with Crippen LogP contribution in [0.2, 0.25) is 0 Å². The molecule has 1 fully saturated rings. The highest BCUT2D eigenvalue weighted by Gasteiger charge is 2.10. The highest BCUT2D eigenvalue weighted by molar-refractivity contribution is 5.78. The first-order valence-electron chi connectivity index (χ1n) is 16.2. The molecule has 40 heavy (non-hydrogen) atoms. The molecule has 0 aliphatic carbocycles. The van der Waals surface area contributed by atoms with Crippen molar-refractivity contribution in [1.29, 1.82) is 0 Å². The van der Waals surface area contributed by atoms with E-state index in [0.717, 1.165) is 77.0 Å². The largest absolute Gasteiger partial charge is 0.466 e. The lowest BCUT2D eigenvalue weighted by Gasteiger charge is -2.07. The van der Waals surface area contributed by atoms with Gasteiger partial charge in [0.2, 0.25) is 0 Å². The molecule has 1 saturated heterocycles. The molecule has 0 amide bonds. The SMILES string of the molecule is O=C1CCC(=O)OCCCCCCCCCCCCOC(=O)CCC(=O)OCCCCCCCCCCCCO1. The van der Waals surface area contributed by atoms with Crippen LogP contribution in [0.5, 0.6) is 0 Å². The van der Waals surface area contributed by atoms with Crippen LogP contribution in [0.4, 0.5) is 0 Å². The number of cyclic esters (lactones) is 4. The van der Waals surface area contributed by atoms with E-state index in [1.807, 2.05) is 0 Å². The molecule has 232 valence electrons. The average Bonchev–Trinajstić information content (AvgIpc) is 2.94. The lowest BCUT2D eigenvalue weighted by atomic mass is 10.1. The third-order valence-corrected chi connectivity index (χ3v) is 7.20. The minimum Gasteiger partial charge on any atom is -0.466 e. The molecular weight excluding hydrogens is 512 g/mol. The fraction of sp³-hybridized carbons (Fsp3) is 0.875. The van der Waals surface area contributed by atoms with E-state index in [0.29, 0.717) is 26.4 Å². The molecule has 0 bridgehead atoms. The maximum atomic E-state index is 11.8. The van der Waals surface area contributed by atoms with Gasteiger partial charge in [0.1, 0.15) is 0 Å². The Hall–Kier alpha value is -2.12. The van der Waals surface area contributed by atoms with Crippen molar-refractivity contribution in [3.63, 3.8) is 0 Å². The summed E-state index contributed by atoms with van der Waals surface area (Å²) in [4.78, 5) is 47.3. The molecular formula is C32H56O8. The van der Waals surface area contributed by atoms with Gasteiger partial charge >= 0.3 is 23.9 Å². The summed E-state index contributed by atoms with van der Waals surface area (Å²) in [5.41, 5.74) is 0. The van der Waals surface area contributed by atoms with Crippen molar-refractivity contribution < 1.29 is 38.1 Å². The van der Waals surface area contributed by atoms with Crippen molar-refractivity contribution in [3.05, 3.63) is 0 Å². The molecule has 0 aromatic heterocycles. The number of ether oxygens (including phenoxy) is 4. The van der Waals surface area contributed by atoms with Gasteiger partial charge < -0.3 is 18.9 Å². The topological polar surface area (TPSA) is 105 Å². The van der Waals surface area contributed by atoms with Crippen molar-refractivity contribution in [2.45, 2.75) is 154 Å². The molecule has 1 heterocycles. The lowest BCUT2D eigenvalue weighted by molar-refractivity contribution is -0.150. The second-order valence-corrected chi connectivity index (χ2v) is 11.0. The number of hydrogen-bond acceptors (Lipinski definition) is 8. The Morgan fingerprint density at radius 3 is 0.575 bits per heavy atom. The molecule has 8 heteroatoms. The van der Waals surface area contributed by atoms with Crippen molar-refractivity contribution in [2.75, 3.05) is 26.4 Å². The summed E-state index contributed by atoms with van der Waals surface area (Å²) in [6.07, 6.45) is 22.0. The Morgan fingerprint density at radius 1 is 0.250 bits per heavy atom. The monoisotopic (exact) mass is 568 g/mol. The van der Waals surface area contributed by atoms with Crippen molar-refractivity contribution >= 4 is 23.9 Å². The second kappa shape index (κ2) is 27.1. The molecule has 0 unspecified atom stereocenters. The Kier molecular flexibility index (Phi) is 24.3. The van der Waals surface area contributed by atoms with Crippen molar-refractivity contribution in [2.24, 2.45) is 0 Å². The van der Waals surface area contributed by atoms with E-state index < -0.39 is 0 Å². The van der Waals surface area contributed by atoms with E-state index in [2.05, 4.69) is 0 Å². The Bertz CT molecular complexity index is 551. The molecule has 0 saturated carbocycles. The lowest BCUT2D eigenvalue weighted by Crippen LogP contribution is -2.11. The predicted octanol–water partition coefficient (Wildman–Crippen LogP) is 7.54. The zero-order chi connectivity index (χ0) is 28.9. The maximum Gasteiger partial charge on any atom is 0.306 e. The maximum absolute atomic E-state index is 11.8. The minimum absolute atomic E-state index is 0.0897. The summed E-state index contributed by atoms with van der Waals surface area (Å²) in [6.45, 7) is 1.68. The molecule has 0 spiro atoms. The molecule has 0 N–H and O–H groups in total. The van der Waals surface area contributed by atoms with Gasteiger partial charge in [-0.05, 0) is 25.7 Å². The molecule has 8 nitrogen and oxygen atoms in total. The number of carbonyl (C=O) groups is 4. The van der Waals surface area contributed by atoms with Crippen LogP contribution in [0.15, 0.2) is 0 Å². The van der Waals surface area contributed by atoms with Crippen LogP contribution < -0.4 is 0 Å². The normalized spacial score (nSPS) is 22.2. The zero-order valence-electron chi connectivity index (χ0n) is 25.1. The van der Waals surface area contributed by atoms with E-state index in [1.165, 1.54) is 51.4 Å². The Morgan fingerprint density at radius 2 is 0.400 bits per heavy atom. The first-order valence-corrected chi connectivity index (χ1v) is 16.2. The standard InChI is InChI=1S/C32H56O8/c33-29-21-22-31(35)39-27-19-15-11-7-3-4-8-12-16-20-28-40-32(36)24-23-30(34)38-26-18-14-10-6-2-1-5-9-13-17-25-37-29/h1-28H2. The van der Waals surface area contributed by atoms with Crippen LogP contribution in [0.1, 0.15) is 154 Å². The highest BCUT2D eigenvalue weighted by atomic mass is 16.5. The van der Waals surface area contributed by atoms with Crippen LogP contribution in [0.25, 0.3) is 0 Å². The molecule has 0 aromatic rings. The third-order valence-electron chi connectivity index (χ3n) is 7.20. The van der Waals surface area contributed by atoms with Gasteiger partial charge in [0.15, 0.2) is 0 Å². The third kappa shape index (κ3) is 24.9. The van der Waals surface area contributed by atoms with Crippen LogP contribution in [0.3, 0.4) is 0 Å². The zero-order valence-corrected chi connectivity index (χ0v) is 25.1. The highest BCUT2D eigenvalue weighted by Crippen LogP contribution is 2.13.